The lowest BCUT2D eigenvalue weighted by molar-refractivity contribution is 0.118. The molecule has 0 radical (unpaired) electrons. The molecule has 25 heavy (non-hydrogen) atoms. The van der Waals surface area contributed by atoms with E-state index in [4.69, 9.17) is 18.9 Å². The van der Waals surface area contributed by atoms with E-state index in [2.05, 4.69) is 27.7 Å². The van der Waals surface area contributed by atoms with E-state index in [1.807, 2.05) is 36.4 Å². The fourth-order valence-corrected chi connectivity index (χ4v) is 2.82. The van der Waals surface area contributed by atoms with Crippen molar-refractivity contribution in [3.63, 3.8) is 0 Å². The summed E-state index contributed by atoms with van der Waals surface area (Å²) in [4.78, 5) is 0. The van der Waals surface area contributed by atoms with Gasteiger partial charge in [0.1, 0.15) is 23.0 Å². The van der Waals surface area contributed by atoms with Crippen molar-refractivity contribution in [3.8, 4) is 23.0 Å². The van der Waals surface area contributed by atoms with Gasteiger partial charge in [0.2, 0.25) is 6.79 Å². The van der Waals surface area contributed by atoms with Crippen molar-refractivity contribution < 1.29 is 18.9 Å². The summed E-state index contributed by atoms with van der Waals surface area (Å²) < 4.78 is 22.5. The van der Waals surface area contributed by atoms with Crippen LogP contribution >= 0.6 is 0 Å². The van der Waals surface area contributed by atoms with Crippen molar-refractivity contribution in [1.82, 2.24) is 0 Å². The van der Waals surface area contributed by atoms with Crippen LogP contribution in [-0.2, 0) is 0 Å². The molecule has 2 aromatic carbocycles. The van der Waals surface area contributed by atoms with Gasteiger partial charge >= 0.3 is 0 Å². The third-order valence-corrected chi connectivity index (χ3v) is 4.09. The van der Waals surface area contributed by atoms with Crippen molar-refractivity contribution in [3.05, 3.63) is 47.5 Å². The molecule has 2 aromatic rings. The molecule has 0 aromatic heterocycles. The predicted molar refractivity (Wildman–Crippen MR) is 100 cm³/mol. The van der Waals surface area contributed by atoms with Crippen molar-refractivity contribution in [2.75, 3.05) is 21.0 Å². The summed E-state index contributed by atoms with van der Waals surface area (Å²) in [5.41, 5.74) is 2.20. The first-order valence-corrected chi connectivity index (χ1v) is 8.58. The van der Waals surface area contributed by atoms with Crippen LogP contribution in [0.25, 0.3) is 0 Å². The maximum atomic E-state index is 5.85. The molecule has 4 heteroatoms. The van der Waals surface area contributed by atoms with Gasteiger partial charge in [-0.3, -0.25) is 0 Å². The Labute approximate surface area is 150 Å². The normalized spacial score (nSPS) is 10.9. The van der Waals surface area contributed by atoms with E-state index in [1.165, 1.54) is 0 Å². The van der Waals surface area contributed by atoms with Gasteiger partial charge in [0.15, 0.2) is 0 Å². The lowest BCUT2D eigenvalue weighted by Gasteiger charge is -2.18. The summed E-state index contributed by atoms with van der Waals surface area (Å²) in [7, 11) is 3.34. The predicted octanol–water partition coefficient (Wildman–Crippen LogP) is 5.37. The minimum Gasteiger partial charge on any atom is -0.496 e. The molecule has 0 saturated heterocycles. The van der Waals surface area contributed by atoms with Crippen LogP contribution in [0.3, 0.4) is 0 Å². The SMILES string of the molecule is COc1cc(OCOc2cccc(OC)c2C(C)C)ccc1C(C)C. The zero-order chi connectivity index (χ0) is 18.4. The van der Waals surface area contributed by atoms with Gasteiger partial charge in [-0.05, 0) is 35.6 Å². The summed E-state index contributed by atoms with van der Waals surface area (Å²) >= 11 is 0. The third kappa shape index (κ3) is 4.59. The largest absolute Gasteiger partial charge is 0.496 e. The summed E-state index contributed by atoms with van der Waals surface area (Å²) in [6.45, 7) is 8.62. The van der Waals surface area contributed by atoms with Crippen molar-refractivity contribution in [2.45, 2.75) is 39.5 Å². The Bertz CT molecular complexity index is 692. The van der Waals surface area contributed by atoms with E-state index in [-0.39, 0.29) is 12.7 Å². The van der Waals surface area contributed by atoms with E-state index in [9.17, 15) is 0 Å². The summed E-state index contributed by atoms with van der Waals surface area (Å²) in [6, 6.07) is 11.7. The van der Waals surface area contributed by atoms with Gasteiger partial charge in [-0.15, -0.1) is 0 Å². The zero-order valence-electron chi connectivity index (χ0n) is 16.0. The first kappa shape index (κ1) is 19.0. The number of hydrogen-bond acceptors (Lipinski definition) is 4. The second-order valence-electron chi connectivity index (χ2n) is 6.49. The first-order valence-electron chi connectivity index (χ1n) is 8.58. The number of hydrogen-bond donors (Lipinski definition) is 0. The molecule has 0 aliphatic carbocycles. The fourth-order valence-electron chi connectivity index (χ4n) is 2.82. The van der Waals surface area contributed by atoms with E-state index in [0.717, 1.165) is 34.1 Å². The lowest BCUT2D eigenvalue weighted by Crippen LogP contribution is -2.08. The van der Waals surface area contributed by atoms with Gasteiger partial charge in [0.05, 0.1) is 14.2 Å². The molecule has 0 aliphatic rings. The molecule has 4 nitrogen and oxygen atoms in total. The summed E-state index contributed by atoms with van der Waals surface area (Å²) in [5.74, 6) is 3.84. The van der Waals surface area contributed by atoms with Crippen LogP contribution in [0.15, 0.2) is 36.4 Å². The molecule has 2 rings (SSSR count). The van der Waals surface area contributed by atoms with Crippen LogP contribution in [0.2, 0.25) is 0 Å². The van der Waals surface area contributed by atoms with Gasteiger partial charge in [-0.25, -0.2) is 0 Å². The first-order chi connectivity index (χ1) is 12.0. The molecule has 0 aliphatic heterocycles. The lowest BCUT2D eigenvalue weighted by atomic mass is 10.0. The Kier molecular flexibility index (Phi) is 6.57. The smallest absolute Gasteiger partial charge is 0.230 e. The molecular formula is C21H28O4. The Morgan fingerprint density at radius 1 is 0.760 bits per heavy atom. The van der Waals surface area contributed by atoms with Crippen molar-refractivity contribution >= 4 is 0 Å². The van der Waals surface area contributed by atoms with E-state index in [0.29, 0.717) is 5.92 Å². The number of benzene rings is 2. The third-order valence-electron chi connectivity index (χ3n) is 4.09. The van der Waals surface area contributed by atoms with Gasteiger partial charge in [0, 0.05) is 11.6 Å². The fraction of sp³-hybridized carbons (Fsp3) is 0.429. The van der Waals surface area contributed by atoms with Crippen LogP contribution < -0.4 is 18.9 Å². The topological polar surface area (TPSA) is 36.9 Å². The standard InChI is InChI=1S/C21H28O4/c1-14(2)17-11-10-16(12-20(17)23-6)24-13-25-19-9-7-8-18(22-5)21(19)15(3)4/h7-12,14-15H,13H2,1-6H3. The molecule has 0 bridgehead atoms. The van der Waals surface area contributed by atoms with Crippen LogP contribution in [0, 0.1) is 0 Å². The highest BCUT2D eigenvalue weighted by atomic mass is 16.7. The molecule has 0 fully saturated rings. The van der Waals surface area contributed by atoms with E-state index in [1.54, 1.807) is 14.2 Å². The van der Waals surface area contributed by atoms with Crippen molar-refractivity contribution in [2.24, 2.45) is 0 Å². The molecule has 0 spiro atoms. The number of ether oxygens (including phenoxy) is 4. The average Bonchev–Trinajstić information content (AvgIpc) is 2.60. The second-order valence-corrected chi connectivity index (χ2v) is 6.49. The molecule has 0 heterocycles. The average molecular weight is 344 g/mol. The molecular weight excluding hydrogens is 316 g/mol. The number of methoxy groups -OCH3 is 2. The van der Waals surface area contributed by atoms with Gasteiger partial charge in [-0.1, -0.05) is 39.8 Å². The number of rotatable bonds is 8. The molecule has 0 unspecified atom stereocenters. The van der Waals surface area contributed by atoms with Gasteiger partial charge in [-0.2, -0.15) is 0 Å². The molecule has 136 valence electrons. The highest BCUT2D eigenvalue weighted by molar-refractivity contribution is 5.47. The molecule has 0 saturated carbocycles. The van der Waals surface area contributed by atoms with Crippen LogP contribution in [0.5, 0.6) is 23.0 Å². The Morgan fingerprint density at radius 2 is 1.44 bits per heavy atom. The second kappa shape index (κ2) is 8.65. The van der Waals surface area contributed by atoms with Crippen LogP contribution in [-0.4, -0.2) is 21.0 Å². The van der Waals surface area contributed by atoms with Gasteiger partial charge < -0.3 is 18.9 Å². The molecule has 0 amide bonds. The Hall–Kier alpha value is -2.36. The minimum atomic E-state index is 0.122. The monoisotopic (exact) mass is 344 g/mol. The van der Waals surface area contributed by atoms with Crippen molar-refractivity contribution in [1.29, 1.82) is 0 Å². The minimum absolute atomic E-state index is 0.122. The summed E-state index contributed by atoms with van der Waals surface area (Å²) in [6.07, 6.45) is 0. The quantitative estimate of drug-likeness (QED) is 0.604. The highest BCUT2D eigenvalue weighted by Gasteiger charge is 2.14. The summed E-state index contributed by atoms with van der Waals surface area (Å²) in [5, 5.41) is 0. The Morgan fingerprint density at radius 3 is 2.04 bits per heavy atom. The van der Waals surface area contributed by atoms with Crippen LogP contribution in [0.4, 0.5) is 0 Å². The highest BCUT2D eigenvalue weighted by Crippen LogP contribution is 2.35. The maximum absolute atomic E-state index is 5.85. The zero-order valence-corrected chi connectivity index (χ0v) is 16.0. The maximum Gasteiger partial charge on any atom is 0.230 e. The van der Waals surface area contributed by atoms with E-state index < -0.39 is 0 Å². The van der Waals surface area contributed by atoms with Crippen LogP contribution in [0.1, 0.15) is 50.7 Å². The van der Waals surface area contributed by atoms with E-state index >= 15 is 0 Å². The van der Waals surface area contributed by atoms with Gasteiger partial charge in [0.25, 0.3) is 0 Å². The molecule has 0 atom stereocenters. The molecule has 0 N–H and O–H groups in total. The Balaban J connectivity index is 2.09.